The summed E-state index contributed by atoms with van der Waals surface area (Å²) in [6.45, 7) is 6.44. The number of hydrogen-bond donors (Lipinski definition) is 0. The van der Waals surface area contributed by atoms with Crippen molar-refractivity contribution in [3.8, 4) is 5.69 Å². The van der Waals surface area contributed by atoms with Gasteiger partial charge < -0.3 is 0 Å². The summed E-state index contributed by atoms with van der Waals surface area (Å²) in [6, 6.07) is 12.4. The van der Waals surface area contributed by atoms with E-state index in [1.807, 2.05) is 18.2 Å². The van der Waals surface area contributed by atoms with Crippen molar-refractivity contribution < 1.29 is 0 Å². The maximum absolute atomic E-state index is 4.76. The van der Waals surface area contributed by atoms with Crippen molar-refractivity contribution >= 4 is 16.9 Å². The summed E-state index contributed by atoms with van der Waals surface area (Å²) in [7, 11) is 0. The molecule has 4 aromatic rings. The highest BCUT2D eigenvalue weighted by molar-refractivity contribution is 5.77. The van der Waals surface area contributed by atoms with Crippen molar-refractivity contribution in [2.75, 3.05) is 0 Å². The number of aromatic nitrogens is 4. The van der Waals surface area contributed by atoms with Crippen molar-refractivity contribution in [1.29, 1.82) is 0 Å². The topological polar surface area (TPSA) is 35.1 Å². The second kappa shape index (κ2) is 4.70. The number of nitrogens with zero attached hydrogens (tertiary/aromatic N) is 4. The van der Waals surface area contributed by atoms with Crippen LogP contribution in [0.2, 0.25) is 0 Å². The molecule has 0 unspecified atom stereocenters. The van der Waals surface area contributed by atoms with E-state index in [0.717, 1.165) is 29.2 Å². The molecule has 22 heavy (non-hydrogen) atoms. The second-order valence-corrected chi connectivity index (χ2v) is 5.65. The second-order valence-electron chi connectivity index (χ2n) is 5.65. The molecule has 4 nitrogen and oxygen atoms in total. The summed E-state index contributed by atoms with van der Waals surface area (Å²) in [5.41, 5.74) is 6.51. The molecule has 4 rings (SSSR count). The molecule has 0 spiro atoms. The van der Waals surface area contributed by atoms with Crippen LogP contribution in [-0.2, 0) is 6.42 Å². The summed E-state index contributed by atoms with van der Waals surface area (Å²) in [6.07, 6.45) is 2.93. The summed E-state index contributed by atoms with van der Waals surface area (Å²) < 4.78 is 4.38. The minimum Gasteiger partial charge on any atom is -0.284 e. The Balaban J connectivity index is 2.20. The van der Waals surface area contributed by atoms with E-state index in [-0.39, 0.29) is 0 Å². The van der Waals surface area contributed by atoms with Gasteiger partial charge in [-0.05, 0) is 37.1 Å². The summed E-state index contributed by atoms with van der Waals surface area (Å²) in [4.78, 5) is 9.42. The zero-order valence-electron chi connectivity index (χ0n) is 13.0. The molecule has 0 N–H and O–H groups in total. The average Bonchev–Trinajstić information content (AvgIpc) is 3.03. The van der Waals surface area contributed by atoms with E-state index in [4.69, 9.17) is 4.98 Å². The quantitative estimate of drug-likeness (QED) is 0.562. The highest BCUT2D eigenvalue weighted by Crippen LogP contribution is 2.27. The monoisotopic (exact) mass is 290 g/mol. The number of imidazole rings is 2. The number of benzene rings is 1. The van der Waals surface area contributed by atoms with Crippen molar-refractivity contribution in [3.63, 3.8) is 0 Å². The molecule has 0 bridgehead atoms. The lowest BCUT2D eigenvalue weighted by atomic mass is 10.1. The molecular formula is C18H18N4. The van der Waals surface area contributed by atoms with E-state index < -0.39 is 0 Å². The van der Waals surface area contributed by atoms with Gasteiger partial charge in [-0.25, -0.2) is 9.97 Å². The van der Waals surface area contributed by atoms with E-state index in [2.05, 4.69) is 59.1 Å². The van der Waals surface area contributed by atoms with E-state index in [1.54, 1.807) is 0 Å². The molecule has 0 aliphatic heterocycles. The number of fused-ring (bicyclic) bond motifs is 3. The first kappa shape index (κ1) is 13.1. The van der Waals surface area contributed by atoms with Crippen LogP contribution in [-0.4, -0.2) is 18.9 Å². The Morgan fingerprint density at radius 2 is 1.73 bits per heavy atom. The van der Waals surface area contributed by atoms with Gasteiger partial charge in [0, 0.05) is 12.6 Å². The first-order valence-corrected chi connectivity index (χ1v) is 7.61. The van der Waals surface area contributed by atoms with Crippen molar-refractivity contribution in [2.45, 2.75) is 27.2 Å². The van der Waals surface area contributed by atoms with Crippen LogP contribution >= 0.6 is 0 Å². The molecule has 1 aromatic carbocycles. The van der Waals surface area contributed by atoms with Gasteiger partial charge in [-0.2, -0.15) is 0 Å². The average molecular weight is 290 g/mol. The fourth-order valence-corrected chi connectivity index (χ4v) is 3.18. The van der Waals surface area contributed by atoms with Crippen LogP contribution in [0.1, 0.15) is 23.9 Å². The van der Waals surface area contributed by atoms with E-state index in [1.165, 1.54) is 16.8 Å². The molecule has 0 radical (unpaired) electrons. The molecule has 3 heterocycles. The van der Waals surface area contributed by atoms with Gasteiger partial charge >= 0.3 is 0 Å². The summed E-state index contributed by atoms with van der Waals surface area (Å²) >= 11 is 0. The molecule has 0 aliphatic rings. The standard InChI is InChI=1S/C18H18N4/c1-4-14-19-17-18(21-11-6-5-10-15(21)20-17)22(14)16-12(2)8-7-9-13(16)3/h5-11H,4H2,1-3H3. The number of para-hydroxylation sites is 1. The van der Waals surface area contributed by atoms with Gasteiger partial charge in [0.15, 0.2) is 11.3 Å². The molecule has 0 atom stereocenters. The highest BCUT2D eigenvalue weighted by Gasteiger charge is 2.18. The minimum absolute atomic E-state index is 0.811. The van der Waals surface area contributed by atoms with Gasteiger partial charge in [-0.15, -0.1) is 0 Å². The Hall–Kier alpha value is -2.62. The molecule has 4 heteroatoms. The van der Waals surface area contributed by atoms with Gasteiger partial charge in [-0.1, -0.05) is 31.2 Å². The Labute approximate surface area is 129 Å². The van der Waals surface area contributed by atoms with Gasteiger partial charge in [0.05, 0.1) is 5.69 Å². The third kappa shape index (κ3) is 1.70. The first-order valence-electron chi connectivity index (χ1n) is 7.61. The largest absolute Gasteiger partial charge is 0.284 e. The Morgan fingerprint density at radius 1 is 0.955 bits per heavy atom. The normalized spacial score (nSPS) is 11.6. The summed E-state index contributed by atoms with van der Waals surface area (Å²) in [5.74, 6) is 1.05. The predicted molar refractivity (Wildman–Crippen MR) is 88.7 cm³/mol. The molecule has 0 saturated carbocycles. The molecule has 0 aliphatic carbocycles. The van der Waals surface area contributed by atoms with Crippen LogP contribution in [0.3, 0.4) is 0 Å². The molecule has 0 fully saturated rings. The van der Waals surface area contributed by atoms with E-state index in [9.17, 15) is 0 Å². The van der Waals surface area contributed by atoms with Crippen LogP contribution in [0.4, 0.5) is 0 Å². The molecule has 0 amide bonds. The van der Waals surface area contributed by atoms with Gasteiger partial charge in [-0.3, -0.25) is 8.97 Å². The maximum Gasteiger partial charge on any atom is 0.198 e. The van der Waals surface area contributed by atoms with Crippen molar-refractivity contribution in [1.82, 2.24) is 18.9 Å². The number of rotatable bonds is 2. The zero-order chi connectivity index (χ0) is 15.3. The fraction of sp³-hybridized carbons (Fsp3) is 0.222. The molecule has 110 valence electrons. The van der Waals surface area contributed by atoms with Crippen LogP contribution in [0, 0.1) is 13.8 Å². The van der Waals surface area contributed by atoms with Gasteiger partial charge in [0.1, 0.15) is 11.5 Å². The van der Waals surface area contributed by atoms with Crippen LogP contribution < -0.4 is 0 Å². The van der Waals surface area contributed by atoms with Crippen molar-refractivity contribution in [2.24, 2.45) is 0 Å². The summed E-state index contributed by atoms with van der Waals surface area (Å²) in [5, 5.41) is 0. The van der Waals surface area contributed by atoms with Crippen LogP contribution in [0.15, 0.2) is 42.6 Å². The van der Waals surface area contributed by atoms with Crippen molar-refractivity contribution in [3.05, 3.63) is 59.5 Å². The first-order chi connectivity index (χ1) is 10.7. The number of hydrogen-bond acceptors (Lipinski definition) is 2. The minimum atomic E-state index is 0.811. The van der Waals surface area contributed by atoms with Gasteiger partial charge in [0.2, 0.25) is 0 Å². The smallest absolute Gasteiger partial charge is 0.198 e. The molecule has 3 aromatic heterocycles. The number of aryl methyl sites for hydroxylation is 3. The van der Waals surface area contributed by atoms with Crippen LogP contribution in [0.25, 0.3) is 22.6 Å². The third-order valence-corrected chi connectivity index (χ3v) is 4.17. The Bertz CT molecular complexity index is 971. The SMILES string of the molecule is CCc1nc2nc3ccccn3c2n1-c1c(C)cccc1C. The lowest BCUT2D eigenvalue weighted by Crippen LogP contribution is -2.06. The lowest BCUT2D eigenvalue weighted by Gasteiger charge is -2.14. The number of pyridine rings is 1. The lowest BCUT2D eigenvalue weighted by molar-refractivity contribution is 0.882. The van der Waals surface area contributed by atoms with E-state index >= 15 is 0 Å². The third-order valence-electron chi connectivity index (χ3n) is 4.17. The van der Waals surface area contributed by atoms with Gasteiger partial charge in [0.25, 0.3) is 0 Å². The Morgan fingerprint density at radius 3 is 2.45 bits per heavy atom. The van der Waals surface area contributed by atoms with E-state index in [0.29, 0.717) is 0 Å². The zero-order valence-corrected chi connectivity index (χ0v) is 13.0. The Kier molecular flexibility index (Phi) is 2.79. The molecule has 0 saturated heterocycles. The fourth-order valence-electron chi connectivity index (χ4n) is 3.18. The molecular weight excluding hydrogens is 272 g/mol. The predicted octanol–water partition coefficient (Wildman–Crippen LogP) is 3.85. The highest BCUT2D eigenvalue weighted by atomic mass is 15.2. The maximum atomic E-state index is 4.76. The van der Waals surface area contributed by atoms with Crippen LogP contribution in [0.5, 0.6) is 0 Å².